The largest absolute Gasteiger partial charge is 0.391 e. The van der Waals surface area contributed by atoms with Gasteiger partial charge >= 0.3 is 0 Å². The van der Waals surface area contributed by atoms with Crippen LogP contribution in [0.3, 0.4) is 0 Å². The Bertz CT molecular complexity index is 755. The van der Waals surface area contributed by atoms with Crippen LogP contribution in [-0.4, -0.2) is 49.0 Å². The number of fused-ring (bicyclic) bond motifs is 1. The van der Waals surface area contributed by atoms with E-state index in [2.05, 4.69) is 20.1 Å². The summed E-state index contributed by atoms with van der Waals surface area (Å²) in [5.41, 5.74) is 8.02. The van der Waals surface area contributed by atoms with Gasteiger partial charge in [0.1, 0.15) is 5.69 Å². The molecule has 0 saturated carbocycles. The van der Waals surface area contributed by atoms with Gasteiger partial charge in [0, 0.05) is 19.0 Å². The van der Waals surface area contributed by atoms with E-state index in [9.17, 15) is 0 Å². The molecule has 3 N–H and O–H groups in total. The van der Waals surface area contributed by atoms with E-state index in [0.29, 0.717) is 6.61 Å². The van der Waals surface area contributed by atoms with E-state index in [4.69, 9.17) is 15.6 Å². The Morgan fingerprint density at radius 1 is 1.22 bits per heavy atom. The van der Waals surface area contributed by atoms with Gasteiger partial charge in [-0.25, -0.2) is 9.50 Å². The number of aromatic nitrogens is 5. The number of nitrogens with two attached hydrogens (primary N) is 1. The van der Waals surface area contributed by atoms with Crippen molar-refractivity contribution in [2.75, 3.05) is 18.9 Å². The lowest BCUT2D eigenvalue weighted by molar-refractivity contribution is -0.00535. The number of nitrogens with zero attached hydrogens (tertiary/aromatic N) is 5. The molecule has 0 radical (unpaired) electrons. The number of nitrogen functional groups attached to an aromatic ring is 1. The van der Waals surface area contributed by atoms with Gasteiger partial charge in [-0.15, -0.1) is 5.10 Å². The van der Waals surface area contributed by atoms with Gasteiger partial charge in [-0.1, -0.05) is 0 Å². The van der Waals surface area contributed by atoms with Crippen LogP contribution < -0.4 is 5.73 Å². The maximum atomic E-state index is 8.78. The van der Waals surface area contributed by atoms with Crippen molar-refractivity contribution in [2.45, 2.75) is 18.9 Å². The molecule has 120 valence electrons. The highest BCUT2D eigenvalue weighted by atomic mass is 16.5. The first-order chi connectivity index (χ1) is 11.2. The summed E-state index contributed by atoms with van der Waals surface area (Å²) in [6, 6.07) is 3.82. The fraction of sp³-hybridized carbons (Fsp3) is 0.333. The van der Waals surface area contributed by atoms with Crippen LogP contribution in [-0.2, 0) is 4.74 Å². The lowest BCUT2D eigenvalue weighted by Crippen LogP contribution is -2.21. The molecule has 1 atom stereocenters. The van der Waals surface area contributed by atoms with Gasteiger partial charge in [0.25, 0.3) is 0 Å². The van der Waals surface area contributed by atoms with Crippen LogP contribution in [0, 0.1) is 0 Å². The third-order valence-electron chi connectivity index (χ3n) is 3.38. The highest BCUT2D eigenvalue weighted by molar-refractivity contribution is 5.62. The average Bonchev–Trinajstić information content (AvgIpc) is 3.00. The lowest BCUT2D eigenvalue weighted by Gasteiger charge is -2.15. The molecule has 1 saturated heterocycles. The zero-order valence-electron chi connectivity index (χ0n) is 12.5. The van der Waals surface area contributed by atoms with E-state index >= 15 is 0 Å². The first-order valence-electron chi connectivity index (χ1n) is 7.36. The summed E-state index contributed by atoms with van der Waals surface area (Å²) in [7, 11) is 0. The maximum Gasteiger partial charge on any atom is 0.238 e. The van der Waals surface area contributed by atoms with Gasteiger partial charge < -0.3 is 15.6 Å². The number of aliphatic hydroxyl groups excluding tert-OH is 1. The first-order valence-corrected chi connectivity index (χ1v) is 7.36. The van der Waals surface area contributed by atoms with Crippen LogP contribution in [0.25, 0.3) is 16.9 Å². The molecule has 0 bridgehead atoms. The molecule has 1 aliphatic rings. The summed E-state index contributed by atoms with van der Waals surface area (Å²) in [5.74, 6) is 0.230. The quantitative estimate of drug-likeness (QED) is 0.687. The Morgan fingerprint density at radius 2 is 2.13 bits per heavy atom. The third kappa shape index (κ3) is 3.79. The molecule has 4 rings (SSSR count). The second kappa shape index (κ2) is 7.12. The molecule has 0 aromatic carbocycles. The Balaban J connectivity index is 0.000000188. The van der Waals surface area contributed by atoms with Crippen LogP contribution in [0.4, 0.5) is 5.95 Å². The molecule has 0 amide bonds. The molecule has 0 aliphatic carbocycles. The van der Waals surface area contributed by atoms with Crippen LogP contribution in [0.5, 0.6) is 0 Å². The van der Waals surface area contributed by atoms with Crippen molar-refractivity contribution in [3.05, 3.63) is 36.9 Å². The average molecular weight is 314 g/mol. The van der Waals surface area contributed by atoms with Gasteiger partial charge in [0.05, 0.1) is 36.3 Å². The third-order valence-corrected chi connectivity index (χ3v) is 3.38. The van der Waals surface area contributed by atoms with Gasteiger partial charge in [0.2, 0.25) is 5.95 Å². The van der Waals surface area contributed by atoms with E-state index in [1.54, 1.807) is 29.3 Å². The van der Waals surface area contributed by atoms with Crippen LogP contribution >= 0.6 is 0 Å². The minimum Gasteiger partial charge on any atom is -0.391 e. The molecular formula is C15H18N6O2. The van der Waals surface area contributed by atoms with E-state index in [1.807, 2.05) is 12.1 Å². The van der Waals surface area contributed by atoms with Crippen molar-refractivity contribution >= 4 is 11.5 Å². The molecule has 3 aromatic rings. The summed E-state index contributed by atoms with van der Waals surface area (Å²) in [6.07, 6.45) is 8.36. The highest BCUT2D eigenvalue weighted by Gasteiger charge is 2.08. The minimum atomic E-state index is -0.186. The first kappa shape index (κ1) is 15.3. The number of anilines is 1. The van der Waals surface area contributed by atoms with Gasteiger partial charge in [0.15, 0.2) is 0 Å². The van der Waals surface area contributed by atoms with E-state index in [-0.39, 0.29) is 12.1 Å². The normalized spacial score (nSPS) is 17.5. The number of hydrogen-bond donors (Lipinski definition) is 2. The highest BCUT2D eigenvalue weighted by Crippen LogP contribution is 2.18. The summed E-state index contributed by atoms with van der Waals surface area (Å²) in [4.78, 5) is 12.2. The van der Waals surface area contributed by atoms with Crippen LogP contribution in [0.1, 0.15) is 12.8 Å². The van der Waals surface area contributed by atoms with Crippen molar-refractivity contribution < 1.29 is 9.84 Å². The minimum absolute atomic E-state index is 0.186. The van der Waals surface area contributed by atoms with Crippen LogP contribution in [0.2, 0.25) is 0 Å². The topological polar surface area (TPSA) is 111 Å². The molecule has 3 aromatic heterocycles. The summed E-state index contributed by atoms with van der Waals surface area (Å²) in [5, 5.41) is 12.9. The molecule has 23 heavy (non-hydrogen) atoms. The molecular weight excluding hydrogens is 296 g/mol. The van der Waals surface area contributed by atoms with Crippen molar-refractivity contribution in [1.82, 2.24) is 24.6 Å². The Morgan fingerprint density at radius 3 is 2.78 bits per heavy atom. The fourth-order valence-corrected chi connectivity index (χ4v) is 2.26. The van der Waals surface area contributed by atoms with E-state index < -0.39 is 0 Å². The number of rotatable bonds is 1. The van der Waals surface area contributed by atoms with Crippen molar-refractivity contribution in [3.63, 3.8) is 0 Å². The van der Waals surface area contributed by atoms with Gasteiger partial charge in [-0.3, -0.25) is 9.97 Å². The molecule has 8 nitrogen and oxygen atoms in total. The predicted octanol–water partition coefficient (Wildman–Crippen LogP) is 0.926. The van der Waals surface area contributed by atoms with Crippen molar-refractivity contribution in [2.24, 2.45) is 0 Å². The van der Waals surface area contributed by atoms with E-state index in [1.165, 1.54) is 0 Å². The predicted molar refractivity (Wildman–Crippen MR) is 84.5 cm³/mol. The monoisotopic (exact) mass is 314 g/mol. The zero-order valence-corrected chi connectivity index (χ0v) is 12.5. The second-order valence-corrected chi connectivity index (χ2v) is 5.13. The maximum absolute atomic E-state index is 8.78. The smallest absolute Gasteiger partial charge is 0.238 e. The number of ether oxygens (including phenoxy) is 1. The van der Waals surface area contributed by atoms with Gasteiger partial charge in [-0.2, -0.15) is 0 Å². The number of hydrogen-bond acceptors (Lipinski definition) is 7. The molecule has 1 aliphatic heterocycles. The molecule has 8 heteroatoms. The Kier molecular flexibility index (Phi) is 4.74. The van der Waals surface area contributed by atoms with Gasteiger partial charge in [-0.05, 0) is 25.0 Å². The SMILES string of the molecule is Nc1ncc2ccc(-c3cnccn3)n2n1.OC1CCCOC1. The van der Waals surface area contributed by atoms with E-state index in [0.717, 1.165) is 36.4 Å². The molecule has 1 fully saturated rings. The Labute approximate surface area is 133 Å². The zero-order chi connectivity index (χ0) is 16.1. The van der Waals surface area contributed by atoms with Crippen LogP contribution in [0.15, 0.2) is 36.9 Å². The molecule has 0 spiro atoms. The molecule has 1 unspecified atom stereocenters. The lowest BCUT2D eigenvalue weighted by atomic mass is 10.2. The summed E-state index contributed by atoms with van der Waals surface area (Å²) >= 11 is 0. The van der Waals surface area contributed by atoms with Crippen molar-refractivity contribution in [3.8, 4) is 11.4 Å². The fourth-order valence-electron chi connectivity index (χ4n) is 2.26. The standard InChI is InChI=1S/C10H8N6.C5H10O2/c11-10-14-5-7-1-2-9(16(7)15-10)8-6-12-3-4-13-8;6-5-2-1-3-7-4-5/h1-6H,(H2,11,15);5-6H,1-4H2. The van der Waals surface area contributed by atoms with Crippen molar-refractivity contribution in [1.29, 1.82) is 0 Å². The summed E-state index contributed by atoms with van der Waals surface area (Å²) in [6.45, 7) is 1.37. The summed E-state index contributed by atoms with van der Waals surface area (Å²) < 4.78 is 6.63. The Hall–Kier alpha value is -2.58. The second-order valence-electron chi connectivity index (χ2n) is 5.13. The molecule has 4 heterocycles. The number of aliphatic hydroxyl groups is 1.